The molecule has 1 atom stereocenters. The van der Waals surface area contributed by atoms with Gasteiger partial charge in [-0.25, -0.2) is 14.4 Å². The van der Waals surface area contributed by atoms with E-state index in [1.807, 2.05) is 6.07 Å². The quantitative estimate of drug-likeness (QED) is 0.615. The number of alkyl halides is 1. The maximum Gasteiger partial charge on any atom is 0.270 e. The average molecular weight is 413 g/mol. The molecule has 5 rings (SSSR count). The molecule has 0 radical (unpaired) electrons. The van der Waals surface area contributed by atoms with Gasteiger partial charge in [-0.15, -0.1) is 11.3 Å². The van der Waals surface area contributed by atoms with Crippen molar-refractivity contribution in [1.29, 1.82) is 0 Å². The van der Waals surface area contributed by atoms with Crippen molar-refractivity contribution in [2.45, 2.75) is 19.0 Å². The number of aromatic nitrogens is 3. The van der Waals surface area contributed by atoms with E-state index >= 15 is 0 Å². The van der Waals surface area contributed by atoms with Gasteiger partial charge in [-0.2, -0.15) is 4.39 Å². The van der Waals surface area contributed by atoms with Crippen molar-refractivity contribution in [1.82, 2.24) is 15.0 Å². The van der Waals surface area contributed by atoms with Crippen molar-refractivity contribution in [3.8, 4) is 10.6 Å². The predicted molar refractivity (Wildman–Crippen MR) is 107 cm³/mol. The molecular formula is C20H17F2N5OS. The molecule has 0 bridgehead atoms. The minimum atomic E-state index is -0.904. The Balaban J connectivity index is 1.43. The van der Waals surface area contributed by atoms with Crippen LogP contribution in [0.1, 0.15) is 21.8 Å². The minimum absolute atomic E-state index is 0.154. The van der Waals surface area contributed by atoms with Gasteiger partial charge in [-0.3, -0.25) is 9.78 Å². The molecule has 0 aromatic carbocycles. The van der Waals surface area contributed by atoms with E-state index in [1.54, 1.807) is 40.4 Å². The number of amides is 1. The van der Waals surface area contributed by atoms with Gasteiger partial charge in [0.05, 0.1) is 29.7 Å². The lowest BCUT2D eigenvalue weighted by atomic mass is 10.1. The van der Waals surface area contributed by atoms with Crippen LogP contribution >= 0.6 is 11.3 Å². The number of pyridine rings is 2. The highest BCUT2D eigenvalue weighted by Gasteiger charge is 2.30. The lowest BCUT2D eigenvalue weighted by Crippen LogP contribution is -2.36. The van der Waals surface area contributed by atoms with Crippen LogP contribution < -0.4 is 9.80 Å². The fourth-order valence-corrected chi connectivity index (χ4v) is 4.77. The maximum atomic E-state index is 14.7. The Morgan fingerprint density at radius 3 is 2.79 bits per heavy atom. The molecule has 9 heteroatoms. The van der Waals surface area contributed by atoms with Crippen molar-refractivity contribution >= 4 is 28.7 Å². The number of hydrogen-bond donors (Lipinski definition) is 0. The minimum Gasteiger partial charge on any atom is -0.353 e. The Labute approximate surface area is 169 Å². The number of fused-ring (bicyclic) bond motifs is 1. The first-order chi connectivity index (χ1) is 14.1. The van der Waals surface area contributed by atoms with Gasteiger partial charge in [0.25, 0.3) is 5.91 Å². The van der Waals surface area contributed by atoms with Crippen molar-refractivity contribution in [2.24, 2.45) is 0 Å². The number of carbonyl (C=O) groups excluding carboxylic acids is 1. The summed E-state index contributed by atoms with van der Waals surface area (Å²) >= 11 is 1.17. The van der Waals surface area contributed by atoms with Crippen molar-refractivity contribution in [3.05, 3.63) is 53.2 Å². The first-order valence-corrected chi connectivity index (χ1v) is 10.2. The van der Waals surface area contributed by atoms with Crippen molar-refractivity contribution < 1.29 is 13.6 Å². The van der Waals surface area contributed by atoms with Gasteiger partial charge < -0.3 is 9.80 Å². The second-order valence-corrected chi connectivity index (χ2v) is 8.05. The highest BCUT2D eigenvalue weighted by Crippen LogP contribution is 2.34. The van der Waals surface area contributed by atoms with Gasteiger partial charge in [0.2, 0.25) is 5.95 Å². The van der Waals surface area contributed by atoms with E-state index in [9.17, 15) is 13.6 Å². The van der Waals surface area contributed by atoms with Crippen molar-refractivity contribution in [3.63, 3.8) is 0 Å². The summed E-state index contributed by atoms with van der Waals surface area (Å²) in [6.07, 6.45) is 3.42. The molecule has 148 valence electrons. The van der Waals surface area contributed by atoms with Crippen LogP contribution in [0.5, 0.6) is 0 Å². The third kappa shape index (κ3) is 3.25. The summed E-state index contributed by atoms with van der Waals surface area (Å²) < 4.78 is 28.1. The molecule has 0 spiro atoms. The number of halogens is 2. The third-order valence-electron chi connectivity index (χ3n) is 5.19. The smallest absolute Gasteiger partial charge is 0.270 e. The molecule has 0 aliphatic carbocycles. The first kappa shape index (κ1) is 18.1. The zero-order chi connectivity index (χ0) is 20.0. The lowest BCUT2D eigenvalue weighted by Gasteiger charge is -2.25. The van der Waals surface area contributed by atoms with Crippen LogP contribution in [0.15, 0.2) is 36.7 Å². The van der Waals surface area contributed by atoms with Gasteiger partial charge in [0.1, 0.15) is 21.9 Å². The Kier molecular flexibility index (Phi) is 4.46. The second kappa shape index (κ2) is 7.14. The van der Waals surface area contributed by atoms with Crippen LogP contribution in [0.3, 0.4) is 0 Å². The zero-order valence-electron chi connectivity index (χ0n) is 15.4. The molecule has 2 aliphatic heterocycles. The predicted octanol–water partition coefficient (Wildman–Crippen LogP) is 3.49. The van der Waals surface area contributed by atoms with E-state index in [2.05, 4.69) is 15.0 Å². The van der Waals surface area contributed by atoms with E-state index < -0.39 is 12.1 Å². The molecule has 1 amide bonds. The monoisotopic (exact) mass is 413 g/mol. The fraction of sp³-hybridized carbons (Fsp3) is 0.300. The molecule has 0 unspecified atom stereocenters. The van der Waals surface area contributed by atoms with E-state index in [0.29, 0.717) is 47.3 Å². The molecule has 0 saturated carbocycles. The summed E-state index contributed by atoms with van der Waals surface area (Å²) in [5.41, 5.74) is 1.66. The van der Waals surface area contributed by atoms with Gasteiger partial charge in [-0.05, 0) is 30.7 Å². The Hall–Kier alpha value is -2.94. The standard InChI is InChI=1S/C20H17F2N5OS/c21-12-5-8-26(11-12)16-4-3-14(18(22)25-16)19-24-15-6-9-27(20(28)17(15)29-19)13-2-1-7-23-10-13/h1-4,7,10,12H,5-6,8-9,11H2/t12-/m0/s1. The molecule has 3 aromatic heterocycles. The number of nitrogens with zero attached hydrogens (tertiary/aromatic N) is 5. The summed E-state index contributed by atoms with van der Waals surface area (Å²) in [6, 6.07) is 6.91. The largest absolute Gasteiger partial charge is 0.353 e. The summed E-state index contributed by atoms with van der Waals surface area (Å²) in [5.74, 6) is -0.391. The zero-order valence-corrected chi connectivity index (χ0v) is 16.2. The van der Waals surface area contributed by atoms with E-state index in [4.69, 9.17) is 0 Å². The van der Waals surface area contributed by atoms with Gasteiger partial charge in [-0.1, -0.05) is 0 Å². The number of hydrogen-bond acceptors (Lipinski definition) is 6. The van der Waals surface area contributed by atoms with Crippen LogP contribution in [-0.4, -0.2) is 46.7 Å². The van der Waals surface area contributed by atoms with Crippen LogP contribution in [0.2, 0.25) is 0 Å². The lowest BCUT2D eigenvalue weighted by molar-refractivity contribution is 0.0984. The fourth-order valence-electron chi connectivity index (χ4n) is 3.69. The highest BCUT2D eigenvalue weighted by molar-refractivity contribution is 7.17. The molecule has 3 aromatic rings. The molecule has 29 heavy (non-hydrogen) atoms. The summed E-state index contributed by atoms with van der Waals surface area (Å²) in [5, 5.41) is 0.428. The Morgan fingerprint density at radius 2 is 2.07 bits per heavy atom. The van der Waals surface area contributed by atoms with Crippen LogP contribution in [-0.2, 0) is 6.42 Å². The van der Waals surface area contributed by atoms with Gasteiger partial charge in [0, 0.05) is 25.7 Å². The summed E-state index contributed by atoms with van der Waals surface area (Å²) in [6.45, 7) is 1.26. The van der Waals surface area contributed by atoms with Crippen LogP contribution in [0.25, 0.3) is 10.6 Å². The molecular weight excluding hydrogens is 396 g/mol. The normalized spacial score (nSPS) is 19.0. The topological polar surface area (TPSA) is 62.2 Å². The summed E-state index contributed by atoms with van der Waals surface area (Å²) in [7, 11) is 0. The van der Waals surface area contributed by atoms with E-state index in [0.717, 1.165) is 5.69 Å². The van der Waals surface area contributed by atoms with E-state index in [-0.39, 0.29) is 18.0 Å². The van der Waals surface area contributed by atoms with Crippen LogP contribution in [0, 0.1) is 5.95 Å². The van der Waals surface area contributed by atoms with Gasteiger partial charge >= 0.3 is 0 Å². The number of thiazole rings is 1. The Bertz CT molecular complexity index is 1070. The van der Waals surface area contributed by atoms with Gasteiger partial charge in [0.15, 0.2) is 0 Å². The number of anilines is 2. The molecule has 1 fully saturated rings. The summed E-state index contributed by atoms with van der Waals surface area (Å²) in [4.78, 5) is 29.4. The molecule has 5 heterocycles. The molecule has 0 N–H and O–H groups in total. The van der Waals surface area contributed by atoms with Crippen molar-refractivity contribution in [2.75, 3.05) is 29.4 Å². The van der Waals surface area contributed by atoms with Crippen LogP contribution in [0.4, 0.5) is 20.3 Å². The molecule has 2 aliphatic rings. The maximum absolute atomic E-state index is 14.7. The SMILES string of the molecule is O=C1c2sc(-c3ccc(N4CC[C@H](F)C4)nc3F)nc2CCN1c1cccnc1. The molecule has 6 nitrogen and oxygen atoms in total. The average Bonchev–Trinajstić information content (AvgIpc) is 3.36. The Morgan fingerprint density at radius 1 is 1.17 bits per heavy atom. The number of rotatable bonds is 3. The van der Waals surface area contributed by atoms with E-state index in [1.165, 1.54) is 11.3 Å². The number of carbonyl (C=O) groups is 1. The first-order valence-electron chi connectivity index (χ1n) is 9.37. The third-order valence-corrected chi connectivity index (χ3v) is 6.30. The second-order valence-electron chi connectivity index (χ2n) is 7.05. The highest BCUT2D eigenvalue weighted by atomic mass is 32.1. The molecule has 1 saturated heterocycles.